The first kappa shape index (κ1) is 16.7. The molecule has 0 radical (unpaired) electrons. The molecule has 0 aromatic heterocycles. The summed E-state index contributed by atoms with van der Waals surface area (Å²) >= 11 is 3.23. The van der Waals surface area contributed by atoms with Gasteiger partial charge in [0.15, 0.2) is 11.5 Å². The normalized spacial score (nSPS) is 12.9. The molecule has 0 saturated carbocycles. The van der Waals surface area contributed by atoms with E-state index in [1.165, 1.54) is 12.1 Å². The van der Waals surface area contributed by atoms with Crippen molar-refractivity contribution in [2.24, 2.45) is 0 Å². The van der Waals surface area contributed by atoms with Crippen molar-refractivity contribution in [3.05, 3.63) is 46.9 Å². The largest absolute Gasteiger partial charge is 0.454 e. The van der Waals surface area contributed by atoms with Crippen LogP contribution in [0, 0.1) is 0 Å². The molecular formula is C15H13BrN2O5S. The van der Waals surface area contributed by atoms with Crippen molar-refractivity contribution in [1.29, 1.82) is 0 Å². The summed E-state index contributed by atoms with van der Waals surface area (Å²) in [6, 6.07) is 11.1. The third-order valence-corrected chi connectivity index (χ3v) is 5.15. The molecule has 0 unspecified atom stereocenters. The van der Waals surface area contributed by atoms with Crippen LogP contribution in [0.5, 0.6) is 11.5 Å². The highest BCUT2D eigenvalue weighted by Gasteiger charge is 2.17. The Kier molecular flexibility index (Phi) is 4.74. The maximum atomic E-state index is 12.1. The maximum Gasteiger partial charge on any atom is 0.241 e. The van der Waals surface area contributed by atoms with Crippen molar-refractivity contribution in [2.45, 2.75) is 4.90 Å². The number of rotatable bonds is 5. The molecule has 0 bridgehead atoms. The minimum absolute atomic E-state index is 0.0848. The van der Waals surface area contributed by atoms with Gasteiger partial charge in [0.05, 0.1) is 11.4 Å². The van der Waals surface area contributed by atoms with Crippen LogP contribution in [0.1, 0.15) is 0 Å². The van der Waals surface area contributed by atoms with Crippen molar-refractivity contribution in [3.8, 4) is 11.5 Å². The highest BCUT2D eigenvalue weighted by atomic mass is 79.9. The van der Waals surface area contributed by atoms with Crippen LogP contribution in [0.15, 0.2) is 51.8 Å². The Morgan fingerprint density at radius 3 is 2.54 bits per heavy atom. The fraction of sp³-hybridized carbons (Fsp3) is 0.133. The van der Waals surface area contributed by atoms with Crippen LogP contribution in [0.2, 0.25) is 0 Å². The second kappa shape index (κ2) is 6.80. The minimum Gasteiger partial charge on any atom is -0.454 e. The van der Waals surface area contributed by atoms with Crippen LogP contribution in [0.3, 0.4) is 0 Å². The van der Waals surface area contributed by atoms with Gasteiger partial charge in [-0.3, -0.25) is 4.79 Å². The number of carbonyl (C=O) groups is 1. The van der Waals surface area contributed by atoms with Crippen molar-refractivity contribution >= 4 is 37.5 Å². The highest BCUT2D eigenvalue weighted by Crippen LogP contribution is 2.34. The van der Waals surface area contributed by atoms with Crippen molar-refractivity contribution in [2.75, 3.05) is 18.7 Å². The molecule has 1 aliphatic rings. The van der Waals surface area contributed by atoms with E-state index in [9.17, 15) is 13.2 Å². The lowest BCUT2D eigenvalue weighted by molar-refractivity contribution is -0.115. The number of anilines is 1. The number of fused-ring (bicyclic) bond motifs is 1. The molecule has 24 heavy (non-hydrogen) atoms. The summed E-state index contributed by atoms with van der Waals surface area (Å²) in [7, 11) is -3.75. The summed E-state index contributed by atoms with van der Waals surface area (Å²) in [5.74, 6) is 0.640. The van der Waals surface area contributed by atoms with Crippen molar-refractivity contribution < 1.29 is 22.7 Å². The molecule has 126 valence electrons. The van der Waals surface area contributed by atoms with Crippen molar-refractivity contribution in [3.63, 3.8) is 0 Å². The third-order valence-electron chi connectivity index (χ3n) is 3.20. The zero-order chi connectivity index (χ0) is 17.2. The van der Waals surface area contributed by atoms with E-state index in [1.807, 2.05) is 0 Å². The molecule has 0 atom stereocenters. The summed E-state index contributed by atoms with van der Waals surface area (Å²) in [5.41, 5.74) is 0.493. The lowest BCUT2D eigenvalue weighted by Crippen LogP contribution is -2.32. The lowest BCUT2D eigenvalue weighted by Gasteiger charge is -2.08. The number of hydrogen-bond donors (Lipinski definition) is 2. The second-order valence-corrected chi connectivity index (χ2v) is 7.58. The summed E-state index contributed by atoms with van der Waals surface area (Å²) < 4.78 is 37.6. The topological polar surface area (TPSA) is 93.7 Å². The van der Waals surface area contributed by atoms with Crippen LogP contribution in [-0.4, -0.2) is 27.7 Å². The van der Waals surface area contributed by atoms with E-state index < -0.39 is 15.9 Å². The van der Waals surface area contributed by atoms with Gasteiger partial charge < -0.3 is 14.8 Å². The Bertz CT molecular complexity index is 868. The van der Waals surface area contributed by atoms with E-state index in [2.05, 4.69) is 26.0 Å². The summed E-state index contributed by atoms with van der Waals surface area (Å²) in [4.78, 5) is 12.0. The fourth-order valence-corrected chi connectivity index (χ4v) is 3.28. The number of sulfonamides is 1. The van der Waals surface area contributed by atoms with Gasteiger partial charge >= 0.3 is 0 Å². The highest BCUT2D eigenvalue weighted by molar-refractivity contribution is 9.10. The molecule has 0 fully saturated rings. The van der Waals surface area contributed by atoms with Crippen LogP contribution in [0.4, 0.5) is 5.69 Å². The average Bonchev–Trinajstić information content (AvgIpc) is 3.01. The molecule has 1 amide bonds. The van der Waals surface area contributed by atoms with Gasteiger partial charge in [-0.05, 0) is 36.4 Å². The van der Waals surface area contributed by atoms with Crippen molar-refractivity contribution in [1.82, 2.24) is 4.72 Å². The number of hydrogen-bond acceptors (Lipinski definition) is 5. The predicted molar refractivity (Wildman–Crippen MR) is 90.5 cm³/mol. The summed E-state index contributed by atoms with van der Waals surface area (Å²) in [6.07, 6.45) is 0. The summed E-state index contributed by atoms with van der Waals surface area (Å²) in [6.45, 7) is -0.243. The van der Waals surface area contributed by atoms with Gasteiger partial charge in [0.2, 0.25) is 22.7 Å². The number of ether oxygens (including phenoxy) is 2. The molecule has 3 rings (SSSR count). The van der Waals surface area contributed by atoms with Gasteiger partial charge in [0, 0.05) is 16.2 Å². The first-order valence-corrected chi connectivity index (χ1v) is 9.16. The van der Waals surface area contributed by atoms with Gasteiger partial charge in [-0.25, -0.2) is 13.1 Å². The van der Waals surface area contributed by atoms with Gasteiger partial charge in [-0.2, -0.15) is 0 Å². The minimum atomic E-state index is -3.75. The predicted octanol–water partition coefficient (Wildman–Crippen LogP) is 2.09. The van der Waals surface area contributed by atoms with Gasteiger partial charge in [-0.15, -0.1) is 0 Å². The van der Waals surface area contributed by atoms with Gasteiger partial charge in [0.1, 0.15) is 0 Å². The van der Waals surface area contributed by atoms with E-state index in [0.29, 0.717) is 17.2 Å². The second-order valence-electron chi connectivity index (χ2n) is 4.89. The van der Waals surface area contributed by atoms with Gasteiger partial charge in [0.25, 0.3) is 0 Å². The van der Waals surface area contributed by atoms with Gasteiger partial charge in [-0.1, -0.05) is 15.9 Å². The molecular weight excluding hydrogens is 400 g/mol. The van der Waals surface area contributed by atoms with E-state index in [1.54, 1.807) is 30.3 Å². The Morgan fingerprint density at radius 1 is 1.08 bits per heavy atom. The van der Waals surface area contributed by atoms with E-state index >= 15 is 0 Å². The molecule has 1 aliphatic heterocycles. The number of nitrogens with one attached hydrogen (secondary N) is 2. The van der Waals surface area contributed by atoms with E-state index in [-0.39, 0.29) is 18.2 Å². The molecule has 0 spiro atoms. The first-order valence-electron chi connectivity index (χ1n) is 6.89. The number of amides is 1. The van der Waals surface area contributed by atoms with Crippen LogP contribution in [-0.2, 0) is 14.8 Å². The zero-order valence-corrected chi connectivity index (χ0v) is 14.7. The molecule has 2 aromatic carbocycles. The third kappa shape index (κ3) is 3.86. The average molecular weight is 413 g/mol. The molecule has 9 heteroatoms. The number of carbonyl (C=O) groups excluding carboxylic acids is 1. The standard InChI is InChI=1S/C15H13BrN2O5S/c16-10-1-4-12(5-2-10)24(20,21)17-8-15(19)18-11-3-6-13-14(7-11)23-9-22-13/h1-7,17H,8-9H2,(H,18,19). The molecule has 2 aromatic rings. The Labute approximate surface area is 147 Å². The molecule has 1 heterocycles. The first-order chi connectivity index (χ1) is 11.4. The Morgan fingerprint density at radius 2 is 1.79 bits per heavy atom. The molecule has 2 N–H and O–H groups in total. The fourth-order valence-electron chi connectivity index (χ4n) is 2.04. The molecule has 0 aliphatic carbocycles. The summed E-state index contributed by atoms with van der Waals surface area (Å²) in [5, 5.41) is 2.60. The van der Waals surface area contributed by atoms with E-state index in [0.717, 1.165) is 4.47 Å². The smallest absolute Gasteiger partial charge is 0.241 e. The molecule has 0 saturated heterocycles. The number of halogens is 1. The quantitative estimate of drug-likeness (QED) is 0.783. The van der Waals surface area contributed by atoms with Crippen LogP contribution >= 0.6 is 15.9 Å². The van der Waals surface area contributed by atoms with E-state index in [4.69, 9.17) is 9.47 Å². The lowest BCUT2D eigenvalue weighted by atomic mass is 10.3. The Hall–Kier alpha value is -2.10. The number of benzene rings is 2. The van der Waals surface area contributed by atoms with Crippen LogP contribution in [0.25, 0.3) is 0 Å². The Balaban J connectivity index is 1.60. The molecule has 7 nitrogen and oxygen atoms in total. The SMILES string of the molecule is O=C(CNS(=O)(=O)c1ccc(Br)cc1)Nc1ccc2c(c1)OCO2. The zero-order valence-electron chi connectivity index (χ0n) is 12.3. The maximum absolute atomic E-state index is 12.1. The monoisotopic (exact) mass is 412 g/mol. The van der Waals surface area contributed by atoms with Crippen LogP contribution < -0.4 is 19.5 Å².